The molecule has 0 atom stereocenters. The Morgan fingerprint density at radius 1 is 1.19 bits per heavy atom. The molecule has 0 aliphatic rings. The van der Waals surface area contributed by atoms with E-state index < -0.39 is 23.6 Å². The van der Waals surface area contributed by atoms with E-state index >= 15 is 0 Å². The van der Waals surface area contributed by atoms with Crippen molar-refractivity contribution in [3.05, 3.63) is 64.6 Å². The highest BCUT2D eigenvalue weighted by Gasteiger charge is 2.31. The highest BCUT2D eigenvalue weighted by Crippen LogP contribution is 2.29. The van der Waals surface area contributed by atoms with Crippen molar-refractivity contribution in [1.29, 1.82) is 0 Å². The fourth-order valence-electron chi connectivity index (χ4n) is 2.55. The van der Waals surface area contributed by atoms with Gasteiger partial charge < -0.3 is 5.11 Å². The van der Waals surface area contributed by atoms with Crippen LogP contribution in [0.25, 0.3) is 10.9 Å². The lowest BCUT2D eigenvalue weighted by Gasteiger charge is -2.07. The molecule has 0 bridgehead atoms. The number of halogens is 4. The number of aliphatic carboxylic acids is 1. The van der Waals surface area contributed by atoms with Crippen molar-refractivity contribution in [1.82, 2.24) is 9.55 Å². The van der Waals surface area contributed by atoms with Crippen molar-refractivity contribution in [3.8, 4) is 0 Å². The summed E-state index contributed by atoms with van der Waals surface area (Å²) in [4.78, 5) is 27.3. The van der Waals surface area contributed by atoms with Gasteiger partial charge in [-0.25, -0.2) is 0 Å². The summed E-state index contributed by atoms with van der Waals surface area (Å²) in [7, 11) is 0. The molecule has 1 aromatic carbocycles. The van der Waals surface area contributed by atoms with E-state index in [4.69, 9.17) is 16.7 Å². The standard InChI is InChI=1S/C17H10ClF3N2O3/c18-11-2-4-14-12(6-11)9(5-15(24)25)8-23(14)16(26)13-3-1-10(7-22-13)17(19,20)21/h1-4,6-8H,5H2,(H,24,25). The molecule has 5 nitrogen and oxygen atoms in total. The number of carbonyl (C=O) groups is 2. The van der Waals surface area contributed by atoms with Crippen LogP contribution in [0.15, 0.2) is 42.7 Å². The average Bonchev–Trinajstić information content (AvgIpc) is 2.90. The summed E-state index contributed by atoms with van der Waals surface area (Å²) in [6.07, 6.45) is -2.98. The van der Waals surface area contributed by atoms with Crippen LogP contribution in [0.5, 0.6) is 0 Å². The molecule has 134 valence electrons. The van der Waals surface area contributed by atoms with Gasteiger partial charge >= 0.3 is 12.1 Å². The van der Waals surface area contributed by atoms with Crippen molar-refractivity contribution in [2.45, 2.75) is 12.6 Å². The van der Waals surface area contributed by atoms with Crippen LogP contribution in [0, 0.1) is 0 Å². The number of nitrogens with zero attached hydrogens (tertiary/aromatic N) is 2. The molecule has 9 heteroatoms. The SMILES string of the molecule is O=C(O)Cc1cn(C(=O)c2ccc(C(F)(F)F)cn2)c2ccc(Cl)cc12. The monoisotopic (exact) mass is 382 g/mol. The van der Waals surface area contributed by atoms with Gasteiger partial charge in [0, 0.05) is 22.8 Å². The molecule has 2 aromatic heterocycles. The van der Waals surface area contributed by atoms with Gasteiger partial charge in [-0.15, -0.1) is 0 Å². The third-order valence-corrected chi connectivity index (χ3v) is 3.95. The minimum atomic E-state index is -4.56. The van der Waals surface area contributed by atoms with Gasteiger partial charge in [0.15, 0.2) is 0 Å². The second kappa shape index (κ2) is 6.45. The third kappa shape index (κ3) is 3.41. The van der Waals surface area contributed by atoms with Gasteiger partial charge in [-0.05, 0) is 35.9 Å². The lowest BCUT2D eigenvalue weighted by Crippen LogP contribution is -2.14. The number of fused-ring (bicyclic) bond motifs is 1. The van der Waals surface area contributed by atoms with Crippen LogP contribution in [0.4, 0.5) is 13.2 Å². The summed E-state index contributed by atoms with van der Waals surface area (Å²) in [5.41, 5.74) is -0.427. The molecule has 0 aliphatic heterocycles. The molecular weight excluding hydrogens is 373 g/mol. The van der Waals surface area contributed by atoms with Gasteiger partial charge in [-0.1, -0.05) is 11.6 Å². The van der Waals surface area contributed by atoms with Crippen LogP contribution in [0.3, 0.4) is 0 Å². The van der Waals surface area contributed by atoms with E-state index in [9.17, 15) is 22.8 Å². The van der Waals surface area contributed by atoms with Crippen LogP contribution in [-0.4, -0.2) is 26.5 Å². The Morgan fingerprint density at radius 2 is 1.92 bits per heavy atom. The van der Waals surface area contributed by atoms with Gasteiger partial charge in [0.05, 0.1) is 17.5 Å². The number of carboxylic acid groups (broad SMARTS) is 1. The number of pyridine rings is 1. The summed E-state index contributed by atoms with van der Waals surface area (Å²) in [5, 5.41) is 9.86. The van der Waals surface area contributed by atoms with E-state index in [1.807, 2.05) is 0 Å². The first-order chi connectivity index (χ1) is 12.2. The van der Waals surface area contributed by atoms with Crippen LogP contribution in [0.1, 0.15) is 21.6 Å². The first kappa shape index (κ1) is 17.9. The summed E-state index contributed by atoms with van der Waals surface area (Å²) in [5.74, 6) is -1.77. The van der Waals surface area contributed by atoms with Crippen molar-refractivity contribution in [2.24, 2.45) is 0 Å². The summed E-state index contributed by atoms with van der Waals surface area (Å²) in [6, 6.07) is 6.33. The van der Waals surface area contributed by atoms with Crippen LogP contribution in [-0.2, 0) is 17.4 Å². The van der Waals surface area contributed by atoms with E-state index in [1.165, 1.54) is 24.4 Å². The van der Waals surface area contributed by atoms with E-state index in [1.54, 1.807) is 0 Å². The van der Waals surface area contributed by atoms with Crippen LogP contribution < -0.4 is 0 Å². The number of benzene rings is 1. The molecule has 26 heavy (non-hydrogen) atoms. The second-order valence-corrected chi connectivity index (χ2v) is 5.93. The highest BCUT2D eigenvalue weighted by atomic mass is 35.5. The van der Waals surface area contributed by atoms with E-state index in [0.717, 1.165) is 16.7 Å². The van der Waals surface area contributed by atoms with E-state index in [0.29, 0.717) is 27.7 Å². The molecule has 0 unspecified atom stereocenters. The maximum Gasteiger partial charge on any atom is 0.417 e. The van der Waals surface area contributed by atoms with Crippen molar-refractivity contribution >= 4 is 34.4 Å². The molecule has 1 N–H and O–H groups in total. The number of hydrogen-bond donors (Lipinski definition) is 1. The lowest BCUT2D eigenvalue weighted by atomic mass is 10.1. The Morgan fingerprint density at radius 3 is 2.50 bits per heavy atom. The molecule has 0 amide bonds. The Balaban J connectivity index is 2.07. The predicted octanol–water partition coefficient (Wildman–Crippen LogP) is 4.02. The first-order valence-electron chi connectivity index (χ1n) is 7.26. The van der Waals surface area contributed by atoms with Gasteiger partial charge in [0.1, 0.15) is 5.69 Å². The average molecular weight is 383 g/mol. The molecular formula is C17H10ClF3N2O3. The Labute approximate surface area is 149 Å². The van der Waals surface area contributed by atoms with Crippen molar-refractivity contribution in [2.75, 3.05) is 0 Å². The molecule has 3 rings (SSSR count). The number of alkyl halides is 3. The van der Waals surface area contributed by atoms with E-state index in [2.05, 4.69) is 4.98 Å². The Kier molecular flexibility index (Phi) is 4.45. The predicted molar refractivity (Wildman–Crippen MR) is 87.3 cm³/mol. The zero-order valence-corrected chi connectivity index (χ0v) is 13.7. The summed E-state index contributed by atoms with van der Waals surface area (Å²) < 4.78 is 39.0. The normalized spacial score (nSPS) is 11.7. The Hall–Kier alpha value is -2.87. The number of carbonyl (C=O) groups excluding carboxylic acids is 1. The van der Waals surface area contributed by atoms with Crippen molar-refractivity contribution in [3.63, 3.8) is 0 Å². The fraction of sp³-hybridized carbons (Fsp3) is 0.118. The highest BCUT2D eigenvalue weighted by molar-refractivity contribution is 6.31. The molecule has 0 saturated heterocycles. The van der Waals surface area contributed by atoms with Gasteiger partial charge in [0.25, 0.3) is 5.91 Å². The number of hydrogen-bond acceptors (Lipinski definition) is 3. The topological polar surface area (TPSA) is 72.2 Å². The Bertz CT molecular complexity index is 1010. The van der Waals surface area contributed by atoms with Crippen LogP contribution in [0.2, 0.25) is 5.02 Å². The fourth-order valence-corrected chi connectivity index (χ4v) is 2.73. The zero-order valence-electron chi connectivity index (χ0n) is 12.9. The quantitative estimate of drug-likeness (QED) is 0.742. The summed E-state index contributed by atoms with van der Waals surface area (Å²) >= 11 is 5.93. The first-order valence-corrected chi connectivity index (χ1v) is 7.64. The lowest BCUT2D eigenvalue weighted by molar-refractivity contribution is -0.138. The molecule has 0 aliphatic carbocycles. The number of rotatable bonds is 3. The molecule has 0 fully saturated rings. The maximum atomic E-state index is 12.6. The molecule has 2 heterocycles. The minimum absolute atomic E-state index is 0.202. The molecule has 0 saturated carbocycles. The number of carboxylic acids is 1. The summed E-state index contributed by atoms with van der Waals surface area (Å²) in [6.45, 7) is 0. The zero-order chi connectivity index (χ0) is 19.1. The smallest absolute Gasteiger partial charge is 0.417 e. The van der Waals surface area contributed by atoms with Gasteiger partial charge in [-0.3, -0.25) is 19.1 Å². The largest absolute Gasteiger partial charge is 0.481 e. The third-order valence-electron chi connectivity index (χ3n) is 3.72. The number of aromatic nitrogens is 2. The molecule has 3 aromatic rings. The van der Waals surface area contributed by atoms with E-state index in [-0.39, 0.29) is 12.1 Å². The maximum absolute atomic E-state index is 12.6. The van der Waals surface area contributed by atoms with Crippen molar-refractivity contribution < 1.29 is 27.9 Å². The molecule has 0 spiro atoms. The molecule has 0 radical (unpaired) electrons. The second-order valence-electron chi connectivity index (χ2n) is 5.49. The van der Waals surface area contributed by atoms with Gasteiger partial charge in [-0.2, -0.15) is 13.2 Å². The van der Waals surface area contributed by atoms with Crippen LogP contribution >= 0.6 is 11.6 Å². The van der Waals surface area contributed by atoms with Gasteiger partial charge in [0.2, 0.25) is 0 Å². The minimum Gasteiger partial charge on any atom is -0.481 e.